The molecular weight excluding hydrogens is 336 g/mol. The summed E-state index contributed by atoms with van der Waals surface area (Å²) in [6, 6.07) is 0.223. The fourth-order valence-corrected chi connectivity index (χ4v) is 2.86. The van der Waals surface area contributed by atoms with Crippen LogP contribution in [0.15, 0.2) is 18.6 Å². The number of anilines is 1. The molecule has 0 bridgehead atoms. The molecule has 1 saturated carbocycles. The zero-order chi connectivity index (χ0) is 17.9. The van der Waals surface area contributed by atoms with Crippen LogP contribution in [0.4, 0.5) is 5.69 Å². The molecule has 0 unspecified atom stereocenters. The minimum Gasteiger partial charge on any atom is -0.381 e. The fourth-order valence-electron chi connectivity index (χ4n) is 2.86. The molecule has 2 fully saturated rings. The van der Waals surface area contributed by atoms with Crippen LogP contribution in [0.5, 0.6) is 0 Å². The molecule has 2 aromatic heterocycles. The van der Waals surface area contributed by atoms with Crippen LogP contribution in [0.2, 0.25) is 0 Å². The number of rotatable bonds is 5. The number of carbonyl (C=O) groups excluding carboxylic acids is 2. The number of ether oxygens (including phenoxy) is 1. The number of H-pyrrole nitrogens is 1. The number of nitrogens with zero attached hydrogens (tertiary/aromatic N) is 3. The zero-order valence-electron chi connectivity index (χ0n) is 14.2. The number of amides is 2. The molecule has 0 aromatic carbocycles. The number of aromatic nitrogens is 4. The van der Waals surface area contributed by atoms with Gasteiger partial charge in [-0.05, 0) is 25.7 Å². The Morgan fingerprint density at radius 2 is 1.77 bits per heavy atom. The Hall–Kier alpha value is -2.81. The van der Waals surface area contributed by atoms with Gasteiger partial charge in [0.2, 0.25) is 0 Å². The fraction of sp³-hybridized carbons (Fsp3) is 0.471. The van der Waals surface area contributed by atoms with Crippen molar-refractivity contribution in [2.45, 2.75) is 37.6 Å². The van der Waals surface area contributed by atoms with Crippen LogP contribution in [-0.4, -0.2) is 51.2 Å². The van der Waals surface area contributed by atoms with Gasteiger partial charge in [0.1, 0.15) is 11.5 Å². The average molecular weight is 356 g/mol. The predicted octanol–water partition coefficient (Wildman–Crippen LogP) is 1.24. The van der Waals surface area contributed by atoms with Gasteiger partial charge in [0.15, 0.2) is 0 Å². The van der Waals surface area contributed by atoms with Crippen molar-refractivity contribution in [3.8, 4) is 0 Å². The van der Waals surface area contributed by atoms with Gasteiger partial charge >= 0.3 is 0 Å². The molecule has 0 spiro atoms. The van der Waals surface area contributed by atoms with Crippen LogP contribution in [0.3, 0.4) is 0 Å². The minimum absolute atomic E-state index is 0.223. The highest BCUT2D eigenvalue weighted by Gasteiger charge is 2.26. The van der Waals surface area contributed by atoms with Crippen molar-refractivity contribution >= 4 is 17.5 Å². The molecule has 3 N–H and O–H groups in total. The van der Waals surface area contributed by atoms with Crippen molar-refractivity contribution < 1.29 is 14.3 Å². The molecule has 1 saturated heterocycles. The van der Waals surface area contributed by atoms with Gasteiger partial charge < -0.3 is 15.4 Å². The number of hydrogen-bond acceptors (Lipinski definition) is 6. The second-order valence-electron chi connectivity index (χ2n) is 6.58. The van der Waals surface area contributed by atoms with Crippen LogP contribution in [0.1, 0.15) is 58.3 Å². The highest BCUT2D eigenvalue weighted by molar-refractivity contribution is 6.08. The van der Waals surface area contributed by atoms with Crippen molar-refractivity contribution in [2.75, 3.05) is 18.5 Å². The van der Waals surface area contributed by atoms with E-state index >= 15 is 0 Å². The van der Waals surface area contributed by atoms with E-state index in [-0.39, 0.29) is 29.5 Å². The molecular formula is C17H20N6O3. The van der Waals surface area contributed by atoms with Crippen molar-refractivity contribution in [3.63, 3.8) is 0 Å². The van der Waals surface area contributed by atoms with Crippen molar-refractivity contribution in [1.29, 1.82) is 0 Å². The highest BCUT2D eigenvalue weighted by atomic mass is 16.5. The summed E-state index contributed by atoms with van der Waals surface area (Å²) in [5, 5.41) is 12.0. The Morgan fingerprint density at radius 1 is 1.04 bits per heavy atom. The Balaban J connectivity index is 1.41. The topological polar surface area (TPSA) is 122 Å². The Morgan fingerprint density at radius 3 is 2.46 bits per heavy atom. The maximum absolute atomic E-state index is 12.4. The maximum Gasteiger partial charge on any atom is 0.271 e. The standard InChI is InChI=1S/C17H20N6O3/c24-16(11-7-18-15(19-8-11)10-3-5-26-6-4-10)22-13-9-20-23-14(13)17(25)21-12-1-2-12/h7-10,12H,1-6H2,(H,20,23)(H,21,25)(H,22,24). The smallest absolute Gasteiger partial charge is 0.271 e. The molecule has 4 rings (SSSR count). The Bertz CT molecular complexity index is 793. The van der Waals surface area contributed by atoms with Crippen molar-refractivity contribution in [1.82, 2.24) is 25.5 Å². The van der Waals surface area contributed by atoms with E-state index < -0.39 is 0 Å². The molecule has 26 heavy (non-hydrogen) atoms. The molecule has 1 aliphatic heterocycles. The van der Waals surface area contributed by atoms with E-state index in [1.54, 1.807) is 0 Å². The molecule has 2 aliphatic rings. The molecule has 0 atom stereocenters. The lowest BCUT2D eigenvalue weighted by atomic mass is 9.99. The summed E-state index contributed by atoms with van der Waals surface area (Å²) < 4.78 is 5.34. The number of nitrogens with one attached hydrogen (secondary N) is 3. The molecule has 0 radical (unpaired) electrons. The molecule has 9 heteroatoms. The summed E-state index contributed by atoms with van der Waals surface area (Å²) in [4.78, 5) is 33.2. The molecule has 2 aromatic rings. The minimum atomic E-state index is -0.384. The lowest BCUT2D eigenvalue weighted by Gasteiger charge is -2.20. The van der Waals surface area contributed by atoms with Crippen molar-refractivity contribution in [2.24, 2.45) is 0 Å². The molecule has 3 heterocycles. The second-order valence-corrected chi connectivity index (χ2v) is 6.58. The van der Waals surface area contributed by atoms with Crippen LogP contribution in [-0.2, 0) is 4.74 Å². The van der Waals surface area contributed by atoms with Gasteiger partial charge in [-0.25, -0.2) is 9.97 Å². The zero-order valence-corrected chi connectivity index (χ0v) is 14.2. The molecule has 1 aliphatic carbocycles. The van der Waals surface area contributed by atoms with E-state index in [0.717, 1.165) is 31.5 Å². The molecule has 2 amide bonds. The quantitative estimate of drug-likeness (QED) is 0.741. The van der Waals surface area contributed by atoms with E-state index in [4.69, 9.17) is 4.74 Å². The summed E-state index contributed by atoms with van der Waals surface area (Å²) in [5.74, 6) is 0.349. The highest BCUT2D eigenvalue weighted by Crippen LogP contribution is 2.24. The van der Waals surface area contributed by atoms with Crippen LogP contribution < -0.4 is 10.6 Å². The average Bonchev–Trinajstić information content (AvgIpc) is 3.37. The largest absolute Gasteiger partial charge is 0.381 e. The Kier molecular flexibility index (Phi) is 4.61. The van der Waals surface area contributed by atoms with E-state index in [0.29, 0.717) is 24.5 Å². The second kappa shape index (κ2) is 7.20. The molecule has 136 valence electrons. The summed E-state index contributed by atoms with van der Waals surface area (Å²) in [6.45, 7) is 1.42. The molecule has 9 nitrogen and oxygen atoms in total. The lowest BCUT2D eigenvalue weighted by Crippen LogP contribution is -2.27. The van der Waals surface area contributed by atoms with Crippen molar-refractivity contribution in [3.05, 3.63) is 35.7 Å². The summed E-state index contributed by atoms with van der Waals surface area (Å²) in [5.41, 5.74) is 0.905. The van der Waals surface area contributed by atoms with Gasteiger partial charge in [-0.15, -0.1) is 0 Å². The lowest BCUT2D eigenvalue weighted by molar-refractivity contribution is 0.0835. The van der Waals surface area contributed by atoms with Crippen LogP contribution in [0, 0.1) is 0 Å². The maximum atomic E-state index is 12.4. The monoisotopic (exact) mass is 356 g/mol. The van der Waals surface area contributed by atoms with Gasteiger partial charge in [-0.2, -0.15) is 5.10 Å². The summed E-state index contributed by atoms with van der Waals surface area (Å²) in [6.07, 6.45) is 8.18. The van der Waals surface area contributed by atoms with Gasteiger partial charge in [0, 0.05) is 37.6 Å². The third kappa shape index (κ3) is 3.72. The first kappa shape index (κ1) is 16.6. The van der Waals surface area contributed by atoms with Gasteiger partial charge in [-0.1, -0.05) is 0 Å². The van der Waals surface area contributed by atoms with Gasteiger partial charge in [0.05, 0.1) is 17.4 Å². The third-order valence-corrected chi connectivity index (χ3v) is 4.55. The van der Waals surface area contributed by atoms with E-state index in [9.17, 15) is 9.59 Å². The SMILES string of the molecule is O=C(Nc1cn[nH]c1C(=O)NC1CC1)c1cnc(C2CCOCC2)nc1. The predicted molar refractivity (Wildman–Crippen MR) is 91.9 cm³/mol. The van der Waals surface area contributed by atoms with Crippen LogP contribution in [0.25, 0.3) is 0 Å². The van der Waals surface area contributed by atoms with E-state index in [2.05, 4.69) is 30.8 Å². The normalized spacial score (nSPS) is 17.7. The first-order chi connectivity index (χ1) is 12.7. The number of carbonyl (C=O) groups is 2. The first-order valence-corrected chi connectivity index (χ1v) is 8.76. The number of hydrogen-bond donors (Lipinski definition) is 3. The van der Waals surface area contributed by atoms with E-state index in [1.165, 1.54) is 18.6 Å². The third-order valence-electron chi connectivity index (χ3n) is 4.55. The van der Waals surface area contributed by atoms with Crippen LogP contribution >= 0.6 is 0 Å². The number of aromatic amines is 1. The summed E-state index contributed by atoms with van der Waals surface area (Å²) in [7, 11) is 0. The Labute approximate surface area is 149 Å². The van der Waals surface area contributed by atoms with Gasteiger partial charge in [0.25, 0.3) is 11.8 Å². The summed E-state index contributed by atoms with van der Waals surface area (Å²) >= 11 is 0. The van der Waals surface area contributed by atoms with Gasteiger partial charge in [-0.3, -0.25) is 14.7 Å². The first-order valence-electron chi connectivity index (χ1n) is 8.76. The van der Waals surface area contributed by atoms with E-state index in [1.807, 2.05) is 0 Å².